The minimum Gasteiger partial charge on any atom is -0.406 e. The second kappa shape index (κ2) is 7.52. The Balaban J connectivity index is 1.84. The van der Waals surface area contributed by atoms with Gasteiger partial charge in [-0.15, -0.1) is 13.2 Å². The van der Waals surface area contributed by atoms with Gasteiger partial charge in [-0.25, -0.2) is 0 Å². The number of benzene rings is 1. The van der Waals surface area contributed by atoms with Gasteiger partial charge < -0.3 is 20.1 Å². The molecule has 24 heavy (non-hydrogen) atoms. The third-order valence-corrected chi connectivity index (χ3v) is 3.52. The van der Waals surface area contributed by atoms with E-state index in [0.717, 1.165) is 0 Å². The first-order valence-corrected chi connectivity index (χ1v) is 7.28. The number of aryl methyl sites for hydroxylation is 1. The maximum absolute atomic E-state index is 12.1. The van der Waals surface area contributed by atoms with Gasteiger partial charge in [-0.3, -0.25) is 9.59 Å². The summed E-state index contributed by atoms with van der Waals surface area (Å²) in [6.45, 7) is 0.732. The highest BCUT2D eigenvalue weighted by Gasteiger charge is 2.31. The first-order valence-electron chi connectivity index (χ1n) is 7.28. The number of nitrogens with two attached hydrogens (primary N) is 1. The quantitative estimate of drug-likeness (QED) is 0.869. The van der Waals surface area contributed by atoms with Crippen molar-refractivity contribution in [1.29, 1.82) is 0 Å². The fourth-order valence-corrected chi connectivity index (χ4v) is 2.32. The van der Waals surface area contributed by atoms with Crippen LogP contribution in [0.5, 0.6) is 5.75 Å². The summed E-state index contributed by atoms with van der Waals surface area (Å²) < 4.78 is 45.2. The van der Waals surface area contributed by atoms with Crippen LogP contribution in [0.15, 0.2) is 24.3 Å². The van der Waals surface area contributed by atoms with Crippen LogP contribution in [0, 0.1) is 0 Å². The second-order valence-corrected chi connectivity index (χ2v) is 5.29. The van der Waals surface area contributed by atoms with Crippen molar-refractivity contribution in [2.24, 2.45) is 5.73 Å². The Hall–Kier alpha value is -2.29. The van der Waals surface area contributed by atoms with E-state index >= 15 is 0 Å². The van der Waals surface area contributed by atoms with Crippen molar-refractivity contribution in [1.82, 2.24) is 4.90 Å². The zero-order valence-electron chi connectivity index (χ0n) is 12.7. The molecule has 2 N–H and O–H groups in total. The molecule has 0 spiro atoms. The van der Waals surface area contributed by atoms with Gasteiger partial charge in [0.05, 0.1) is 13.2 Å². The van der Waals surface area contributed by atoms with E-state index in [1.54, 1.807) is 0 Å². The first-order chi connectivity index (χ1) is 11.2. The summed E-state index contributed by atoms with van der Waals surface area (Å²) in [4.78, 5) is 24.7. The predicted octanol–water partition coefficient (Wildman–Crippen LogP) is 1.23. The van der Waals surface area contributed by atoms with Gasteiger partial charge in [-0.05, 0) is 24.1 Å². The van der Waals surface area contributed by atoms with Crippen molar-refractivity contribution in [3.05, 3.63) is 29.8 Å². The largest absolute Gasteiger partial charge is 0.573 e. The molecule has 0 aromatic heterocycles. The van der Waals surface area contributed by atoms with E-state index < -0.39 is 18.4 Å². The SMILES string of the molecule is NC(=O)C1CN(C(=O)CCc2ccc(OC(F)(F)F)cc2)CCO1. The average molecular weight is 346 g/mol. The van der Waals surface area contributed by atoms with Crippen LogP contribution in [0.4, 0.5) is 13.2 Å². The molecule has 2 amide bonds. The lowest BCUT2D eigenvalue weighted by Gasteiger charge is -2.31. The molecule has 1 aromatic carbocycles. The highest BCUT2D eigenvalue weighted by atomic mass is 19.4. The summed E-state index contributed by atoms with van der Waals surface area (Å²) in [5.74, 6) is -1.09. The molecule has 0 saturated carbocycles. The monoisotopic (exact) mass is 346 g/mol. The molecule has 0 aliphatic carbocycles. The topological polar surface area (TPSA) is 81.9 Å². The van der Waals surface area contributed by atoms with E-state index in [9.17, 15) is 22.8 Å². The fourth-order valence-electron chi connectivity index (χ4n) is 2.32. The van der Waals surface area contributed by atoms with Crippen molar-refractivity contribution < 1.29 is 32.2 Å². The van der Waals surface area contributed by atoms with Gasteiger partial charge in [-0.2, -0.15) is 0 Å². The van der Waals surface area contributed by atoms with E-state index in [1.165, 1.54) is 29.2 Å². The van der Waals surface area contributed by atoms with Crippen molar-refractivity contribution in [3.63, 3.8) is 0 Å². The first kappa shape index (κ1) is 18.1. The summed E-state index contributed by atoms with van der Waals surface area (Å²) in [6, 6.07) is 5.34. The zero-order chi connectivity index (χ0) is 17.7. The number of hydrogen-bond acceptors (Lipinski definition) is 4. The van der Waals surface area contributed by atoms with Crippen molar-refractivity contribution >= 4 is 11.8 Å². The number of hydrogen-bond donors (Lipinski definition) is 1. The summed E-state index contributed by atoms with van der Waals surface area (Å²) >= 11 is 0. The number of primary amides is 1. The molecule has 1 atom stereocenters. The molecule has 0 radical (unpaired) electrons. The van der Waals surface area contributed by atoms with Crippen molar-refractivity contribution in [3.8, 4) is 5.75 Å². The molecule has 1 aliphatic rings. The summed E-state index contributed by atoms with van der Waals surface area (Å²) in [5.41, 5.74) is 5.86. The molecule has 1 fully saturated rings. The number of carbonyl (C=O) groups excluding carboxylic acids is 2. The van der Waals surface area contributed by atoms with Gasteiger partial charge in [-0.1, -0.05) is 12.1 Å². The van der Waals surface area contributed by atoms with Crippen LogP contribution in [-0.4, -0.2) is 48.9 Å². The average Bonchev–Trinajstić information content (AvgIpc) is 2.52. The molecule has 9 heteroatoms. The number of halogens is 3. The Morgan fingerprint density at radius 3 is 2.54 bits per heavy atom. The lowest BCUT2D eigenvalue weighted by Crippen LogP contribution is -2.50. The maximum Gasteiger partial charge on any atom is 0.573 e. The Morgan fingerprint density at radius 1 is 1.29 bits per heavy atom. The van der Waals surface area contributed by atoms with Crippen LogP contribution < -0.4 is 10.5 Å². The third kappa shape index (κ3) is 5.41. The molecule has 1 heterocycles. The van der Waals surface area contributed by atoms with E-state index in [0.29, 0.717) is 18.5 Å². The highest BCUT2D eigenvalue weighted by molar-refractivity contribution is 5.81. The molecule has 1 aliphatic heterocycles. The summed E-state index contributed by atoms with van der Waals surface area (Å²) in [6.07, 6.45) is -5.00. The van der Waals surface area contributed by atoms with Gasteiger partial charge in [0.2, 0.25) is 11.8 Å². The third-order valence-electron chi connectivity index (χ3n) is 3.52. The predicted molar refractivity (Wildman–Crippen MR) is 77.0 cm³/mol. The van der Waals surface area contributed by atoms with Gasteiger partial charge in [0.15, 0.2) is 6.10 Å². The van der Waals surface area contributed by atoms with Crippen LogP contribution in [0.2, 0.25) is 0 Å². The van der Waals surface area contributed by atoms with Crippen molar-refractivity contribution in [2.45, 2.75) is 25.3 Å². The Morgan fingerprint density at radius 2 is 1.96 bits per heavy atom. The fraction of sp³-hybridized carbons (Fsp3) is 0.467. The smallest absolute Gasteiger partial charge is 0.406 e. The van der Waals surface area contributed by atoms with Gasteiger partial charge in [0.1, 0.15) is 5.75 Å². The minimum atomic E-state index is -4.73. The van der Waals surface area contributed by atoms with Crippen LogP contribution >= 0.6 is 0 Å². The maximum atomic E-state index is 12.1. The van der Waals surface area contributed by atoms with Crippen molar-refractivity contribution in [2.75, 3.05) is 19.7 Å². The molecule has 2 rings (SSSR count). The number of alkyl halides is 3. The molecule has 6 nitrogen and oxygen atoms in total. The number of ether oxygens (including phenoxy) is 2. The van der Waals surface area contributed by atoms with Crippen LogP contribution in [-0.2, 0) is 20.7 Å². The zero-order valence-corrected chi connectivity index (χ0v) is 12.7. The molecule has 0 bridgehead atoms. The van der Waals surface area contributed by atoms with Crippen LogP contribution in [0.1, 0.15) is 12.0 Å². The molecular weight excluding hydrogens is 329 g/mol. The minimum absolute atomic E-state index is 0.118. The second-order valence-electron chi connectivity index (χ2n) is 5.29. The van der Waals surface area contributed by atoms with E-state index in [-0.39, 0.29) is 31.2 Å². The summed E-state index contributed by atoms with van der Waals surface area (Å²) in [5, 5.41) is 0. The number of amides is 2. The van der Waals surface area contributed by atoms with Crippen LogP contribution in [0.3, 0.4) is 0 Å². The molecule has 132 valence electrons. The molecule has 1 saturated heterocycles. The Kier molecular flexibility index (Phi) is 5.66. The van der Waals surface area contributed by atoms with Gasteiger partial charge >= 0.3 is 6.36 Å². The standard InChI is InChI=1S/C15H17F3N2O4/c16-15(17,18)24-11-4-1-10(2-5-11)3-6-13(21)20-7-8-23-12(9-20)14(19)22/h1-2,4-5,12H,3,6-9H2,(H2,19,22). The normalized spacial score (nSPS) is 18.3. The van der Waals surface area contributed by atoms with Gasteiger partial charge in [0, 0.05) is 13.0 Å². The summed E-state index contributed by atoms with van der Waals surface area (Å²) in [7, 11) is 0. The van der Waals surface area contributed by atoms with Gasteiger partial charge in [0.25, 0.3) is 0 Å². The molecule has 1 aromatic rings. The number of nitrogens with zero attached hydrogens (tertiary/aromatic N) is 1. The lowest BCUT2D eigenvalue weighted by atomic mass is 10.1. The van der Waals surface area contributed by atoms with E-state index in [2.05, 4.69) is 4.74 Å². The molecule has 1 unspecified atom stereocenters. The highest BCUT2D eigenvalue weighted by Crippen LogP contribution is 2.23. The number of carbonyl (C=O) groups is 2. The van der Waals surface area contributed by atoms with E-state index in [1.807, 2.05) is 0 Å². The number of morpholine rings is 1. The van der Waals surface area contributed by atoms with Crippen LogP contribution in [0.25, 0.3) is 0 Å². The Bertz CT molecular complexity index is 589. The van der Waals surface area contributed by atoms with E-state index in [4.69, 9.17) is 10.5 Å². The molecular formula is C15H17F3N2O4. The Labute approximate surface area is 136 Å². The number of rotatable bonds is 5. The lowest BCUT2D eigenvalue weighted by molar-refractivity contribution is -0.274.